The van der Waals surface area contributed by atoms with Crippen LogP contribution in [-0.4, -0.2) is 16.9 Å². The predicted molar refractivity (Wildman–Crippen MR) is 108 cm³/mol. The Hall–Kier alpha value is -3.85. The van der Waals surface area contributed by atoms with Crippen LogP contribution in [0.2, 0.25) is 0 Å². The summed E-state index contributed by atoms with van der Waals surface area (Å²) in [7, 11) is 0. The molecule has 0 unspecified atom stereocenters. The van der Waals surface area contributed by atoms with Gasteiger partial charge in [0.1, 0.15) is 11.5 Å². The van der Waals surface area contributed by atoms with Gasteiger partial charge in [-0.1, -0.05) is 30.3 Å². The van der Waals surface area contributed by atoms with E-state index in [1.54, 1.807) is 30.3 Å². The number of fused-ring (bicyclic) bond motifs is 1. The monoisotopic (exact) mass is 369 g/mol. The highest BCUT2D eigenvalue weighted by Crippen LogP contribution is 2.23. The molecule has 1 heterocycles. The fourth-order valence-electron chi connectivity index (χ4n) is 3.47. The van der Waals surface area contributed by atoms with Gasteiger partial charge in [0, 0.05) is 23.5 Å². The summed E-state index contributed by atoms with van der Waals surface area (Å²) in [6.07, 6.45) is 1.63. The zero-order chi connectivity index (χ0) is 19.5. The number of nitrogens with zero attached hydrogens (tertiary/aromatic N) is 2. The van der Waals surface area contributed by atoms with Gasteiger partial charge in [-0.05, 0) is 48.2 Å². The normalized spacial score (nSPS) is 12.8. The van der Waals surface area contributed by atoms with E-state index >= 15 is 0 Å². The van der Waals surface area contributed by atoms with Gasteiger partial charge in [0.15, 0.2) is 0 Å². The summed E-state index contributed by atoms with van der Waals surface area (Å²) in [6.45, 7) is 0. The van der Waals surface area contributed by atoms with Crippen molar-refractivity contribution >= 4 is 23.1 Å². The van der Waals surface area contributed by atoms with Crippen LogP contribution in [-0.2, 0) is 12.8 Å². The molecule has 4 N–H and O–H groups in total. The molecule has 1 aromatic heterocycles. The van der Waals surface area contributed by atoms with E-state index < -0.39 is 0 Å². The Balaban J connectivity index is 1.49. The number of pyridine rings is 1. The maximum Gasteiger partial charge on any atom is 0.270 e. The van der Waals surface area contributed by atoms with Crippen LogP contribution in [0.4, 0.5) is 17.2 Å². The lowest BCUT2D eigenvalue weighted by atomic mass is 10.1. The second-order valence-corrected chi connectivity index (χ2v) is 6.84. The van der Waals surface area contributed by atoms with Crippen LogP contribution in [0.5, 0.6) is 0 Å². The van der Waals surface area contributed by atoms with Gasteiger partial charge in [0.2, 0.25) is 0 Å². The average Bonchev–Trinajstić information content (AvgIpc) is 3.10. The number of nitriles is 1. The van der Waals surface area contributed by atoms with Gasteiger partial charge in [0.05, 0.1) is 11.6 Å². The zero-order valence-corrected chi connectivity index (χ0v) is 15.1. The summed E-state index contributed by atoms with van der Waals surface area (Å²) in [4.78, 5) is 17.1. The first-order valence-electron chi connectivity index (χ1n) is 9.03. The molecule has 0 spiro atoms. The summed E-state index contributed by atoms with van der Waals surface area (Å²) in [5.41, 5.74) is 10.5. The number of carbonyl (C=O) groups excluding carboxylic acids is 1. The summed E-state index contributed by atoms with van der Waals surface area (Å²) in [6, 6.07) is 20.6. The molecule has 0 atom stereocenters. The first kappa shape index (κ1) is 17.6. The molecule has 0 aliphatic heterocycles. The molecule has 0 saturated carbocycles. The van der Waals surface area contributed by atoms with Crippen LogP contribution in [0.15, 0.2) is 60.7 Å². The minimum absolute atomic E-state index is 0.0526. The quantitative estimate of drug-likeness (QED) is 0.655. The number of hydrogen-bond donors (Lipinski definition) is 3. The topological polar surface area (TPSA) is 104 Å². The maximum atomic E-state index is 12.7. The lowest BCUT2D eigenvalue weighted by Crippen LogP contribution is -2.35. The van der Waals surface area contributed by atoms with Crippen molar-refractivity contribution in [2.45, 2.75) is 18.9 Å². The molecule has 1 aliphatic carbocycles. The Labute approximate surface area is 163 Å². The van der Waals surface area contributed by atoms with Crippen molar-refractivity contribution < 1.29 is 4.79 Å². The number of nitrogens with one attached hydrogen (secondary N) is 2. The van der Waals surface area contributed by atoms with Crippen molar-refractivity contribution in [3.63, 3.8) is 0 Å². The fraction of sp³-hybridized carbons (Fsp3) is 0.136. The second kappa shape index (κ2) is 7.41. The number of hydrogen-bond acceptors (Lipinski definition) is 5. The number of amides is 1. The molecule has 0 saturated heterocycles. The third-order valence-corrected chi connectivity index (χ3v) is 4.73. The molecule has 1 amide bonds. The summed E-state index contributed by atoms with van der Waals surface area (Å²) in [5, 5.41) is 15.2. The van der Waals surface area contributed by atoms with Gasteiger partial charge < -0.3 is 16.4 Å². The predicted octanol–water partition coefficient (Wildman–Crippen LogP) is 3.18. The van der Waals surface area contributed by atoms with E-state index in [2.05, 4.69) is 33.8 Å². The lowest BCUT2D eigenvalue weighted by molar-refractivity contribution is 0.0933. The average molecular weight is 369 g/mol. The molecule has 28 heavy (non-hydrogen) atoms. The van der Waals surface area contributed by atoms with E-state index in [0.29, 0.717) is 22.8 Å². The molecule has 3 aromatic rings. The third kappa shape index (κ3) is 3.79. The Morgan fingerprint density at radius 3 is 2.54 bits per heavy atom. The number of anilines is 3. The number of nitrogen functional groups attached to an aromatic ring is 1. The highest BCUT2D eigenvalue weighted by Gasteiger charge is 2.23. The van der Waals surface area contributed by atoms with Crippen LogP contribution in [0, 0.1) is 11.3 Å². The molecule has 0 radical (unpaired) electrons. The van der Waals surface area contributed by atoms with E-state index in [1.165, 1.54) is 11.1 Å². The number of benzene rings is 2. The molecule has 0 bridgehead atoms. The minimum Gasteiger partial charge on any atom is -0.399 e. The van der Waals surface area contributed by atoms with Crippen LogP contribution in [0.1, 0.15) is 27.2 Å². The van der Waals surface area contributed by atoms with Crippen molar-refractivity contribution in [2.24, 2.45) is 0 Å². The van der Waals surface area contributed by atoms with Crippen LogP contribution >= 0.6 is 0 Å². The van der Waals surface area contributed by atoms with Gasteiger partial charge in [-0.25, -0.2) is 4.98 Å². The summed E-state index contributed by atoms with van der Waals surface area (Å²) in [5.74, 6) is 0.203. The van der Waals surface area contributed by atoms with E-state index in [1.807, 2.05) is 18.2 Å². The van der Waals surface area contributed by atoms with Crippen molar-refractivity contribution in [2.75, 3.05) is 11.1 Å². The first-order chi connectivity index (χ1) is 13.6. The number of carbonyl (C=O) groups is 1. The van der Waals surface area contributed by atoms with Gasteiger partial charge in [-0.2, -0.15) is 5.26 Å². The van der Waals surface area contributed by atoms with Gasteiger partial charge in [-0.15, -0.1) is 0 Å². The molecule has 6 nitrogen and oxygen atoms in total. The smallest absolute Gasteiger partial charge is 0.270 e. The third-order valence-electron chi connectivity index (χ3n) is 4.73. The number of nitrogens with two attached hydrogens (primary N) is 1. The zero-order valence-electron chi connectivity index (χ0n) is 15.1. The Morgan fingerprint density at radius 1 is 1.07 bits per heavy atom. The van der Waals surface area contributed by atoms with E-state index in [-0.39, 0.29) is 17.6 Å². The molecule has 6 heteroatoms. The standard InChI is InChI=1S/C22H19N5O/c23-13-14-4-3-7-18(8-14)25-21-12-17(24)11-20(27-21)22(28)26-19-9-15-5-1-2-6-16(15)10-19/h1-8,11-12,19H,9-10H2,(H,26,28)(H3,24,25,27). The number of rotatable bonds is 4. The Bertz CT molecular complexity index is 1060. The molecule has 1 aliphatic rings. The van der Waals surface area contributed by atoms with Gasteiger partial charge in [-0.3, -0.25) is 4.79 Å². The largest absolute Gasteiger partial charge is 0.399 e. The van der Waals surface area contributed by atoms with Crippen LogP contribution < -0.4 is 16.4 Å². The van der Waals surface area contributed by atoms with Crippen molar-refractivity contribution in [3.05, 3.63) is 83.0 Å². The van der Waals surface area contributed by atoms with Crippen molar-refractivity contribution in [1.29, 1.82) is 5.26 Å². The highest BCUT2D eigenvalue weighted by molar-refractivity contribution is 5.94. The highest BCUT2D eigenvalue weighted by atomic mass is 16.1. The Kier molecular flexibility index (Phi) is 4.65. The first-order valence-corrected chi connectivity index (χ1v) is 9.03. The van der Waals surface area contributed by atoms with Gasteiger partial charge >= 0.3 is 0 Å². The Morgan fingerprint density at radius 2 is 1.82 bits per heavy atom. The summed E-state index contributed by atoms with van der Waals surface area (Å²) >= 11 is 0. The molecule has 4 rings (SSSR count). The van der Waals surface area contributed by atoms with E-state index in [9.17, 15) is 4.79 Å². The molecule has 0 fully saturated rings. The maximum absolute atomic E-state index is 12.7. The van der Waals surface area contributed by atoms with Crippen molar-refractivity contribution in [3.8, 4) is 6.07 Å². The SMILES string of the molecule is N#Cc1cccc(Nc2cc(N)cc(C(=O)NC3Cc4ccccc4C3)n2)c1. The second-order valence-electron chi connectivity index (χ2n) is 6.84. The van der Waals surface area contributed by atoms with E-state index in [4.69, 9.17) is 11.0 Å². The summed E-state index contributed by atoms with van der Waals surface area (Å²) < 4.78 is 0. The number of aromatic nitrogens is 1. The minimum atomic E-state index is -0.251. The van der Waals surface area contributed by atoms with Crippen LogP contribution in [0.25, 0.3) is 0 Å². The van der Waals surface area contributed by atoms with Crippen LogP contribution in [0.3, 0.4) is 0 Å². The van der Waals surface area contributed by atoms with Gasteiger partial charge in [0.25, 0.3) is 5.91 Å². The molecule has 2 aromatic carbocycles. The lowest BCUT2D eigenvalue weighted by Gasteiger charge is -2.13. The van der Waals surface area contributed by atoms with Crippen molar-refractivity contribution in [1.82, 2.24) is 10.3 Å². The molecular weight excluding hydrogens is 350 g/mol. The fourth-order valence-corrected chi connectivity index (χ4v) is 3.47. The van der Waals surface area contributed by atoms with E-state index in [0.717, 1.165) is 12.8 Å². The molecule has 138 valence electrons. The molecular formula is C22H19N5O.